The number of primary amides is 2. The van der Waals surface area contributed by atoms with Crippen molar-refractivity contribution in [3.63, 3.8) is 0 Å². The highest BCUT2D eigenvalue weighted by molar-refractivity contribution is 6.00. The summed E-state index contributed by atoms with van der Waals surface area (Å²) in [4.78, 5) is 24.3. The smallest absolute Gasteiger partial charge is 0.239 e. The van der Waals surface area contributed by atoms with E-state index in [0.717, 1.165) is 11.1 Å². The Labute approximate surface area is 146 Å². The number of amides is 2. The summed E-state index contributed by atoms with van der Waals surface area (Å²) in [6, 6.07) is 21.0. The fourth-order valence-electron chi connectivity index (χ4n) is 4.37. The van der Waals surface area contributed by atoms with Crippen molar-refractivity contribution in [3.8, 4) is 6.07 Å². The monoisotopic (exact) mass is 333 g/mol. The maximum Gasteiger partial charge on any atom is 0.239 e. The van der Waals surface area contributed by atoms with Crippen molar-refractivity contribution in [2.24, 2.45) is 28.2 Å². The van der Waals surface area contributed by atoms with Crippen molar-refractivity contribution >= 4 is 11.8 Å². The van der Waals surface area contributed by atoms with Crippen LogP contribution in [0.3, 0.4) is 0 Å². The molecule has 0 aliphatic heterocycles. The maximum atomic E-state index is 12.2. The molecule has 126 valence electrons. The Morgan fingerprint density at radius 3 is 1.72 bits per heavy atom. The zero-order chi connectivity index (χ0) is 18.2. The predicted octanol–water partition coefficient (Wildman–Crippen LogP) is 1.94. The molecule has 5 heteroatoms. The Kier molecular flexibility index (Phi) is 3.84. The molecule has 3 rings (SSSR count). The molecular weight excluding hydrogens is 314 g/mol. The highest BCUT2D eigenvalue weighted by Crippen LogP contribution is 2.75. The number of rotatable bonds is 5. The average molecular weight is 333 g/mol. The minimum absolute atomic E-state index is 0.362. The van der Waals surface area contributed by atoms with Crippen molar-refractivity contribution in [1.29, 1.82) is 5.26 Å². The first-order chi connectivity index (χ1) is 11.9. The van der Waals surface area contributed by atoms with Gasteiger partial charge in [0.05, 0.1) is 12.0 Å². The summed E-state index contributed by atoms with van der Waals surface area (Å²) in [6.45, 7) is 1.75. The number of benzene rings is 2. The lowest BCUT2D eigenvalue weighted by molar-refractivity contribution is -0.125. The molecule has 1 aliphatic rings. The van der Waals surface area contributed by atoms with Gasteiger partial charge >= 0.3 is 0 Å². The summed E-state index contributed by atoms with van der Waals surface area (Å²) in [5.74, 6) is -2.79. The fourth-order valence-corrected chi connectivity index (χ4v) is 4.37. The molecule has 0 spiro atoms. The standard InChI is InChI=1S/C20H19N3O2/c1-19(16(17(22)24)20(19,12-21)18(23)25)15(13-8-4-2-5-9-13)14-10-6-3-7-11-14/h2-11,15-16H,1H3,(H2,22,24)(H2,23,25). The molecule has 0 heterocycles. The molecule has 0 aromatic heterocycles. The first kappa shape index (κ1) is 16.7. The summed E-state index contributed by atoms with van der Waals surface area (Å²) < 4.78 is 0. The Balaban J connectivity index is 2.25. The third-order valence-electron chi connectivity index (χ3n) is 5.51. The second kappa shape index (κ2) is 5.75. The van der Waals surface area contributed by atoms with Gasteiger partial charge in [0.15, 0.2) is 5.41 Å². The lowest BCUT2D eigenvalue weighted by Gasteiger charge is -2.27. The maximum absolute atomic E-state index is 12.2. The Morgan fingerprint density at radius 1 is 1.00 bits per heavy atom. The van der Waals surface area contributed by atoms with Crippen LogP contribution in [0.1, 0.15) is 24.0 Å². The lowest BCUT2D eigenvalue weighted by Crippen LogP contribution is -2.32. The van der Waals surface area contributed by atoms with E-state index in [2.05, 4.69) is 0 Å². The summed E-state index contributed by atoms with van der Waals surface area (Å²) in [5.41, 5.74) is 10.3. The SMILES string of the molecule is CC1(C(c2ccccc2)c2ccccc2)C(C(N)=O)C1(C#N)C(N)=O. The summed E-state index contributed by atoms with van der Waals surface area (Å²) >= 11 is 0. The largest absolute Gasteiger partial charge is 0.369 e. The van der Waals surface area contributed by atoms with Crippen LogP contribution >= 0.6 is 0 Å². The van der Waals surface area contributed by atoms with Crippen molar-refractivity contribution in [2.75, 3.05) is 0 Å². The summed E-state index contributed by atoms with van der Waals surface area (Å²) in [6.07, 6.45) is 0. The Bertz CT molecular complexity index is 820. The molecular formula is C20H19N3O2. The van der Waals surface area contributed by atoms with Gasteiger partial charge in [-0.25, -0.2) is 0 Å². The Morgan fingerprint density at radius 2 is 1.44 bits per heavy atom. The molecule has 4 N–H and O–H groups in total. The van der Waals surface area contributed by atoms with E-state index >= 15 is 0 Å². The molecule has 2 aromatic rings. The number of nitriles is 1. The van der Waals surface area contributed by atoms with Crippen LogP contribution in [0.4, 0.5) is 0 Å². The van der Waals surface area contributed by atoms with E-state index in [0.29, 0.717) is 0 Å². The van der Waals surface area contributed by atoms with Crippen LogP contribution in [-0.2, 0) is 9.59 Å². The number of hydrogen-bond acceptors (Lipinski definition) is 3. The molecule has 3 unspecified atom stereocenters. The van der Waals surface area contributed by atoms with Gasteiger partial charge in [0.1, 0.15) is 0 Å². The molecule has 1 aliphatic carbocycles. The van der Waals surface area contributed by atoms with E-state index in [4.69, 9.17) is 11.5 Å². The molecule has 2 amide bonds. The van der Waals surface area contributed by atoms with E-state index in [1.54, 1.807) is 6.92 Å². The van der Waals surface area contributed by atoms with E-state index in [-0.39, 0.29) is 5.92 Å². The fraction of sp³-hybridized carbons (Fsp3) is 0.250. The molecule has 1 fully saturated rings. The van der Waals surface area contributed by atoms with Gasteiger partial charge in [-0.1, -0.05) is 67.6 Å². The van der Waals surface area contributed by atoms with Gasteiger partial charge < -0.3 is 11.5 Å². The third kappa shape index (κ3) is 2.14. The predicted molar refractivity (Wildman–Crippen MR) is 92.8 cm³/mol. The van der Waals surface area contributed by atoms with Crippen LogP contribution in [0, 0.1) is 28.1 Å². The number of nitrogens with zero attached hydrogens (tertiary/aromatic N) is 1. The summed E-state index contributed by atoms with van der Waals surface area (Å²) in [5, 5.41) is 9.77. The number of hydrogen-bond donors (Lipinski definition) is 2. The van der Waals surface area contributed by atoms with Crippen molar-refractivity contribution in [3.05, 3.63) is 71.8 Å². The van der Waals surface area contributed by atoms with Gasteiger partial charge in [0, 0.05) is 11.3 Å². The Hall–Kier alpha value is -3.13. The minimum Gasteiger partial charge on any atom is -0.369 e. The second-order valence-corrected chi connectivity index (χ2v) is 6.66. The molecule has 0 radical (unpaired) electrons. The van der Waals surface area contributed by atoms with Gasteiger partial charge in [-0.05, 0) is 11.1 Å². The van der Waals surface area contributed by atoms with Gasteiger partial charge in [-0.15, -0.1) is 0 Å². The zero-order valence-electron chi connectivity index (χ0n) is 13.8. The quantitative estimate of drug-likeness (QED) is 0.872. The molecule has 25 heavy (non-hydrogen) atoms. The number of carbonyl (C=O) groups excluding carboxylic acids is 2. The highest BCUT2D eigenvalue weighted by Gasteiger charge is 2.83. The van der Waals surface area contributed by atoms with Gasteiger partial charge in [0.2, 0.25) is 11.8 Å². The van der Waals surface area contributed by atoms with E-state index in [1.807, 2.05) is 66.7 Å². The van der Waals surface area contributed by atoms with Crippen LogP contribution in [0.15, 0.2) is 60.7 Å². The zero-order valence-corrected chi connectivity index (χ0v) is 13.8. The first-order valence-electron chi connectivity index (χ1n) is 8.01. The average Bonchev–Trinajstić information content (AvgIpc) is 3.18. The van der Waals surface area contributed by atoms with Gasteiger partial charge in [-0.3, -0.25) is 9.59 Å². The van der Waals surface area contributed by atoms with Crippen LogP contribution in [0.25, 0.3) is 0 Å². The molecule has 0 bridgehead atoms. The first-order valence-corrected chi connectivity index (χ1v) is 8.01. The normalized spacial score (nSPS) is 27.5. The van der Waals surface area contributed by atoms with Crippen LogP contribution < -0.4 is 11.5 Å². The molecule has 0 saturated heterocycles. The highest BCUT2D eigenvalue weighted by atomic mass is 16.2. The van der Waals surface area contributed by atoms with Crippen molar-refractivity contribution < 1.29 is 9.59 Å². The number of carbonyl (C=O) groups is 2. The number of nitrogens with two attached hydrogens (primary N) is 2. The summed E-state index contributed by atoms with van der Waals surface area (Å²) in [7, 11) is 0. The van der Waals surface area contributed by atoms with E-state index in [9.17, 15) is 14.9 Å². The van der Waals surface area contributed by atoms with Crippen LogP contribution in [0.2, 0.25) is 0 Å². The molecule has 1 saturated carbocycles. The topological polar surface area (TPSA) is 110 Å². The second-order valence-electron chi connectivity index (χ2n) is 6.66. The van der Waals surface area contributed by atoms with Gasteiger partial charge in [-0.2, -0.15) is 5.26 Å². The van der Waals surface area contributed by atoms with Crippen molar-refractivity contribution in [2.45, 2.75) is 12.8 Å². The minimum atomic E-state index is -1.62. The lowest BCUT2D eigenvalue weighted by atomic mass is 9.74. The molecule has 3 atom stereocenters. The van der Waals surface area contributed by atoms with Crippen molar-refractivity contribution in [1.82, 2.24) is 0 Å². The molecule has 5 nitrogen and oxygen atoms in total. The van der Waals surface area contributed by atoms with Gasteiger partial charge in [0.25, 0.3) is 0 Å². The third-order valence-corrected chi connectivity index (χ3v) is 5.51. The van der Waals surface area contributed by atoms with Crippen LogP contribution in [-0.4, -0.2) is 11.8 Å². The van der Waals surface area contributed by atoms with E-state index < -0.39 is 28.6 Å². The van der Waals surface area contributed by atoms with Crippen LogP contribution in [0.5, 0.6) is 0 Å². The van der Waals surface area contributed by atoms with E-state index in [1.165, 1.54) is 0 Å². The molecule has 2 aromatic carbocycles.